The lowest BCUT2D eigenvalue weighted by atomic mass is 10.1. The number of hydrogen-bond acceptors (Lipinski definition) is 6. The highest BCUT2D eigenvalue weighted by atomic mass is 127. The minimum absolute atomic E-state index is 0.320. The van der Waals surface area contributed by atoms with E-state index in [0.29, 0.717) is 23.5 Å². The Kier molecular flexibility index (Phi) is 7.96. The van der Waals surface area contributed by atoms with Crippen molar-refractivity contribution >= 4 is 52.0 Å². The van der Waals surface area contributed by atoms with Crippen molar-refractivity contribution in [2.45, 2.75) is 34.6 Å². The van der Waals surface area contributed by atoms with Gasteiger partial charge in [0.15, 0.2) is 0 Å². The van der Waals surface area contributed by atoms with E-state index in [1.165, 1.54) is 0 Å². The number of carbonyl (C=O) groups excluding carboxylic acids is 2. The van der Waals surface area contributed by atoms with E-state index in [-0.39, 0.29) is 11.9 Å². The number of nitrogens with zero attached hydrogens (tertiary/aromatic N) is 2. The normalized spacial score (nSPS) is 11.1. The van der Waals surface area contributed by atoms with Crippen LogP contribution in [0.1, 0.15) is 55.0 Å². The van der Waals surface area contributed by atoms with E-state index in [1.54, 1.807) is 43.7 Å². The molecule has 3 rings (SSSR count). The zero-order valence-electron chi connectivity index (χ0n) is 19.4. The summed E-state index contributed by atoms with van der Waals surface area (Å²) in [4.78, 5) is 26.2. The molecule has 2 aromatic heterocycles. The van der Waals surface area contributed by atoms with Crippen molar-refractivity contribution in [3.8, 4) is 10.8 Å². The second-order valence-electron chi connectivity index (χ2n) is 7.39. The van der Waals surface area contributed by atoms with Gasteiger partial charge in [-0.3, -0.25) is 4.79 Å². The molecule has 0 saturated heterocycles. The molecule has 1 amide bonds. The maximum Gasteiger partial charge on any atom is 0.341 e. The Labute approximate surface area is 210 Å². The van der Waals surface area contributed by atoms with Crippen molar-refractivity contribution < 1.29 is 19.1 Å². The number of halogens is 1. The number of amides is 1. The summed E-state index contributed by atoms with van der Waals surface area (Å²) in [5.41, 5.74) is 7.24. The van der Waals surface area contributed by atoms with Crippen molar-refractivity contribution in [1.29, 1.82) is 0 Å². The molecule has 3 aromatic rings. The maximum absolute atomic E-state index is 12.6. The Bertz CT molecular complexity index is 1240. The maximum atomic E-state index is 12.6. The quantitative estimate of drug-likeness (QED) is 0.178. The molecule has 174 valence electrons. The summed E-state index contributed by atoms with van der Waals surface area (Å²) in [7, 11) is 1.57. The highest BCUT2D eigenvalue weighted by Gasteiger charge is 2.24. The number of benzene rings is 1. The zero-order chi connectivity index (χ0) is 24.3. The molecule has 33 heavy (non-hydrogen) atoms. The van der Waals surface area contributed by atoms with E-state index in [2.05, 4.69) is 33.1 Å². The molecule has 9 heteroatoms. The van der Waals surface area contributed by atoms with E-state index in [1.807, 2.05) is 44.4 Å². The number of rotatable bonds is 7. The molecule has 1 aromatic carbocycles. The molecular formula is C24H26IN3O4S. The molecule has 0 spiro atoms. The number of aryl methyl sites for hydroxylation is 2. The largest absolute Gasteiger partial charge is 0.496 e. The molecular weight excluding hydrogens is 553 g/mol. The van der Waals surface area contributed by atoms with Crippen LogP contribution in [0.5, 0.6) is 5.75 Å². The van der Waals surface area contributed by atoms with Crippen LogP contribution < -0.4 is 10.2 Å². The first-order chi connectivity index (χ1) is 15.7. The van der Waals surface area contributed by atoms with E-state index in [9.17, 15) is 9.59 Å². The summed E-state index contributed by atoms with van der Waals surface area (Å²) in [6.45, 7) is 9.98. The third-order valence-corrected chi connectivity index (χ3v) is 7.39. The first-order valence-corrected chi connectivity index (χ1v) is 12.2. The van der Waals surface area contributed by atoms with Crippen LogP contribution in [-0.4, -0.2) is 36.4 Å². The number of aromatic nitrogens is 1. The Morgan fingerprint density at radius 2 is 1.94 bits per heavy atom. The summed E-state index contributed by atoms with van der Waals surface area (Å²) in [6.07, 6.45) is 1.61. The topological polar surface area (TPSA) is 81.9 Å². The van der Waals surface area contributed by atoms with Gasteiger partial charge >= 0.3 is 5.97 Å². The van der Waals surface area contributed by atoms with Gasteiger partial charge in [-0.2, -0.15) is 5.10 Å². The van der Waals surface area contributed by atoms with Gasteiger partial charge < -0.3 is 14.0 Å². The molecule has 0 bridgehead atoms. The molecule has 0 fully saturated rings. The summed E-state index contributed by atoms with van der Waals surface area (Å²) in [6, 6.07) is 7.19. The Morgan fingerprint density at radius 1 is 1.21 bits per heavy atom. The average Bonchev–Trinajstić information content (AvgIpc) is 3.22. The van der Waals surface area contributed by atoms with E-state index in [4.69, 9.17) is 9.47 Å². The number of carbonyl (C=O) groups is 2. The van der Waals surface area contributed by atoms with E-state index in [0.717, 1.165) is 36.0 Å². The lowest BCUT2D eigenvalue weighted by Gasteiger charge is -2.10. The molecule has 0 atom stereocenters. The van der Waals surface area contributed by atoms with E-state index < -0.39 is 0 Å². The fourth-order valence-corrected chi connectivity index (χ4v) is 5.28. The summed E-state index contributed by atoms with van der Waals surface area (Å²) < 4.78 is 13.5. The van der Waals surface area contributed by atoms with Crippen molar-refractivity contribution in [3.05, 3.63) is 66.4 Å². The monoisotopic (exact) mass is 579 g/mol. The van der Waals surface area contributed by atoms with Crippen LogP contribution >= 0.6 is 33.9 Å². The fraction of sp³-hybridized carbons (Fsp3) is 0.292. The highest BCUT2D eigenvalue weighted by Crippen LogP contribution is 2.34. The molecule has 0 aliphatic heterocycles. The molecule has 0 unspecified atom stereocenters. The first-order valence-electron chi connectivity index (χ1n) is 10.3. The zero-order valence-corrected chi connectivity index (χ0v) is 22.4. The van der Waals surface area contributed by atoms with Gasteiger partial charge in [0.1, 0.15) is 10.8 Å². The minimum Gasteiger partial charge on any atom is -0.496 e. The molecule has 0 aliphatic rings. The van der Waals surface area contributed by atoms with Crippen LogP contribution in [0.2, 0.25) is 0 Å². The molecule has 0 radical (unpaired) electrons. The van der Waals surface area contributed by atoms with Crippen LogP contribution in [-0.2, 0) is 4.74 Å². The number of esters is 1. The SMILES string of the molecule is CCOC(=O)c1c(-n2c(C)cc(/C=N\NC(=O)c3ccc(I)c(OC)c3)c2C)sc(C)c1C. The van der Waals surface area contributed by atoms with Crippen LogP contribution in [0.15, 0.2) is 29.4 Å². The summed E-state index contributed by atoms with van der Waals surface area (Å²) >= 11 is 3.70. The molecule has 2 heterocycles. The van der Waals surface area contributed by atoms with Gasteiger partial charge in [0, 0.05) is 27.4 Å². The Balaban J connectivity index is 1.88. The lowest BCUT2D eigenvalue weighted by Crippen LogP contribution is -2.17. The van der Waals surface area contributed by atoms with Gasteiger partial charge in [0.2, 0.25) is 0 Å². The van der Waals surface area contributed by atoms with Gasteiger partial charge in [0.25, 0.3) is 5.91 Å². The van der Waals surface area contributed by atoms with Crippen molar-refractivity contribution in [1.82, 2.24) is 9.99 Å². The number of methoxy groups -OCH3 is 1. The van der Waals surface area contributed by atoms with Crippen LogP contribution in [0.3, 0.4) is 0 Å². The Hall–Kier alpha value is -2.66. The number of hydrogen-bond donors (Lipinski definition) is 1. The fourth-order valence-electron chi connectivity index (χ4n) is 3.47. The predicted octanol–water partition coefficient (Wildman–Crippen LogP) is 5.33. The van der Waals surface area contributed by atoms with Gasteiger partial charge in [0.05, 0.1) is 29.1 Å². The third-order valence-electron chi connectivity index (χ3n) is 5.30. The number of ether oxygens (including phenoxy) is 2. The van der Waals surface area contributed by atoms with E-state index >= 15 is 0 Å². The number of thiophene rings is 1. The second kappa shape index (κ2) is 10.5. The molecule has 0 aliphatic carbocycles. The molecule has 1 N–H and O–H groups in total. The van der Waals surface area contributed by atoms with Gasteiger partial charge in [-0.25, -0.2) is 10.2 Å². The average molecular weight is 579 g/mol. The number of nitrogens with one attached hydrogen (secondary N) is 1. The highest BCUT2D eigenvalue weighted by molar-refractivity contribution is 14.1. The Morgan fingerprint density at radius 3 is 2.61 bits per heavy atom. The summed E-state index contributed by atoms with van der Waals surface area (Å²) in [5, 5.41) is 4.97. The smallest absolute Gasteiger partial charge is 0.341 e. The van der Waals surface area contributed by atoms with Crippen molar-refractivity contribution in [3.63, 3.8) is 0 Å². The minimum atomic E-state index is -0.330. The number of hydrazone groups is 1. The van der Waals surface area contributed by atoms with Gasteiger partial charge in [-0.05, 0) is 87.0 Å². The van der Waals surface area contributed by atoms with Gasteiger partial charge in [-0.1, -0.05) is 0 Å². The third kappa shape index (κ3) is 5.14. The van der Waals surface area contributed by atoms with Crippen LogP contribution in [0, 0.1) is 31.3 Å². The van der Waals surface area contributed by atoms with Crippen LogP contribution in [0.25, 0.3) is 5.00 Å². The standard InChI is InChI=1S/C24H26IN3O4S/c1-7-32-24(30)21-14(3)16(5)33-23(21)28-13(2)10-18(15(28)4)12-26-27-22(29)17-8-9-19(25)20(11-17)31-6/h8-12H,7H2,1-6H3,(H,27,29)/b26-12-. The van der Waals surface area contributed by atoms with Crippen molar-refractivity contribution in [2.24, 2.45) is 5.10 Å². The molecule has 7 nitrogen and oxygen atoms in total. The predicted molar refractivity (Wildman–Crippen MR) is 139 cm³/mol. The second-order valence-corrected chi connectivity index (χ2v) is 9.76. The summed E-state index contributed by atoms with van der Waals surface area (Å²) in [5.74, 6) is -0.0177. The lowest BCUT2D eigenvalue weighted by molar-refractivity contribution is 0.0526. The van der Waals surface area contributed by atoms with Gasteiger partial charge in [-0.15, -0.1) is 11.3 Å². The van der Waals surface area contributed by atoms with Crippen molar-refractivity contribution in [2.75, 3.05) is 13.7 Å². The molecule has 0 saturated carbocycles. The first kappa shape index (κ1) is 25.0. The van der Waals surface area contributed by atoms with Crippen LogP contribution in [0.4, 0.5) is 0 Å².